The number of oxazole rings is 1. The van der Waals surface area contributed by atoms with Crippen LogP contribution in [0.4, 0.5) is 5.69 Å². The van der Waals surface area contributed by atoms with Gasteiger partial charge in [-0.05, 0) is 18.2 Å². The van der Waals surface area contributed by atoms with E-state index >= 15 is 0 Å². The molecule has 8 nitrogen and oxygen atoms in total. The molecule has 0 amide bonds. The summed E-state index contributed by atoms with van der Waals surface area (Å²) in [5.41, 5.74) is 3.87. The number of fused-ring (bicyclic) bond motifs is 2. The highest BCUT2D eigenvalue weighted by molar-refractivity contribution is 5.93. The van der Waals surface area contributed by atoms with E-state index in [1.54, 1.807) is 18.5 Å². The highest BCUT2D eigenvalue weighted by atomic mass is 16.5. The van der Waals surface area contributed by atoms with Crippen molar-refractivity contribution in [2.75, 3.05) is 11.9 Å². The van der Waals surface area contributed by atoms with Crippen molar-refractivity contribution in [1.82, 2.24) is 20.2 Å². The van der Waals surface area contributed by atoms with Crippen LogP contribution in [-0.2, 0) is 0 Å². The Hall–Kier alpha value is -3.86. The van der Waals surface area contributed by atoms with Crippen molar-refractivity contribution in [1.29, 1.82) is 5.26 Å². The number of anilines is 1. The average Bonchev–Trinajstić information content (AvgIpc) is 3.37. The molecule has 4 aromatic rings. The fourth-order valence-corrected chi connectivity index (χ4v) is 3.28. The van der Waals surface area contributed by atoms with E-state index in [-0.39, 0.29) is 6.04 Å². The minimum absolute atomic E-state index is 0.000395. The lowest BCUT2D eigenvalue weighted by Gasteiger charge is -2.26. The van der Waals surface area contributed by atoms with Gasteiger partial charge in [0.05, 0.1) is 29.9 Å². The molecule has 5 rings (SSSR count). The molecule has 0 unspecified atom stereocenters. The molecule has 1 aromatic carbocycles. The van der Waals surface area contributed by atoms with E-state index in [2.05, 4.69) is 31.6 Å². The van der Waals surface area contributed by atoms with Crippen LogP contribution in [0.15, 0.2) is 47.5 Å². The van der Waals surface area contributed by atoms with Crippen LogP contribution in [0.5, 0.6) is 5.75 Å². The number of nitrogens with one attached hydrogen (secondary N) is 2. The first kappa shape index (κ1) is 15.4. The lowest BCUT2D eigenvalue weighted by molar-refractivity contribution is 0.270. The molecule has 0 saturated heterocycles. The van der Waals surface area contributed by atoms with Gasteiger partial charge in [0.2, 0.25) is 0 Å². The second kappa shape index (κ2) is 6.14. The standard InChI is InChI=1S/C19H14N6O2/c20-7-11-5-16-19(22-8-11)15(3-4-26-16)23-12-1-2-14-13(6-12)18(25-24-14)17-9-21-10-27-17/h1-2,5-6,8-10,15,23H,3-4H2,(H,24,25)/t15-/m0/s1. The molecule has 8 heteroatoms. The van der Waals surface area contributed by atoms with Gasteiger partial charge in [-0.2, -0.15) is 10.4 Å². The van der Waals surface area contributed by atoms with Crippen molar-refractivity contribution < 1.29 is 9.15 Å². The number of nitriles is 1. The second-order valence-corrected chi connectivity index (χ2v) is 6.25. The highest BCUT2D eigenvalue weighted by Gasteiger charge is 2.23. The van der Waals surface area contributed by atoms with Gasteiger partial charge >= 0.3 is 0 Å². The number of ether oxygens (including phenoxy) is 1. The summed E-state index contributed by atoms with van der Waals surface area (Å²) in [6.45, 7) is 0.568. The summed E-state index contributed by atoms with van der Waals surface area (Å²) >= 11 is 0. The SMILES string of the molecule is N#Cc1cnc2c(c1)OCC[C@@H]2Nc1ccc2[nH]nc(-c3cnco3)c2c1. The molecule has 27 heavy (non-hydrogen) atoms. The van der Waals surface area contributed by atoms with Crippen LogP contribution in [-0.4, -0.2) is 26.8 Å². The molecule has 0 spiro atoms. The first-order valence-electron chi connectivity index (χ1n) is 8.48. The van der Waals surface area contributed by atoms with Gasteiger partial charge in [-0.1, -0.05) is 0 Å². The third-order valence-corrected chi connectivity index (χ3v) is 4.57. The van der Waals surface area contributed by atoms with E-state index in [9.17, 15) is 0 Å². The largest absolute Gasteiger partial charge is 0.491 e. The van der Waals surface area contributed by atoms with Crippen LogP contribution >= 0.6 is 0 Å². The normalized spacial score (nSPS) is 15.7. The molecule has 0 radical (unpaired) electrons. The lowest BCUT2D eigenvalue weighted by atomic mass is 10.0. The molecule has 1 aliphatic rings. The van der Waals surface area contributed by atoms with Gasteiger partial charge in [0.15, 0.2) is 12.2 Å². The van der Waals surface area contributed by atoms with Crippen molar-refractivity contribution in [2.24, 2.45) is 0 Å². The summed E-state index contributed by atoms with van der Waals surface area (Å²) in [7, 11) is 0. The maximum atomic E-state index is 9.04. The Kier molecular flexibility index (Phi) is 3.50. The van der Waals surface area contributed by atoms with Gasteiger partial charge < -0.3 is 14.5 Å². The molecule has 0 aliphatic carbocycles. The van der Waals surface area contributed by atoms with Gasteiger partial charge in [0.1, 0.15) is 23.2 Å². The van der Waals surface area contributed by atoms with Crippen LogP contribution in [0.1, 0.15) is 23.7 Å². The number of H-pyrrole nitrogens is 1. The van der Waals surface area contributed by atoms with Crippen molar-refractivity contribution in [3.05, 3.63) is 54.3 Å². The van der Waals surface area contributed by atoms with E-state index in [1.807, 2.05) is 18.2 Å². The molecule has 1 atom stereocenters. The lowest BCUT2D eigenvalue weighted by Crippen LogP contribution is -2.21. The molecule has 3 aromatic heterocycles. The molecular weight excluding hydrogens is 344 g/mol. The summed E-state index contributed by atoms with van der Waals surface area (Å²) in [6, 6.07) is 9.81. The fourth-order valence-electron chi connectivity index (χ4n) is 3.28. The van der Waals surface area contributed by atoms with Crippen LogP contribution in [0, 0.1) is 11.3 Å². The number of rotatable bonds is 3. The zero-order valence-electron chi connectivity index (χ0n) is 14.1. The number of aromatic amines is 1. The Morgan fingerprint density at radius 2 is 2.22 bits per heavy atom. The first-order chi connectivity index (χ1) is 13.3. The minimum atomic E-state index is -0.000395. The number of hydrogen-bond acceptors (Lipinski definition) is 7. The fraction of sp³-hybridized carbons (Fsp3) is 0.158. The second-order valence-electron chi connectivity index (χ2n) is 6.25. The Bertz CT molecular complexity index is 1160. The van der Waals surface area contributed by atoms with Crippen LogP contribution in [0.25, 0.3) is 22.4 Å². The molecule has 0 fully saturated rings. The Morgan fingerprint density at radius 3 is 3.07 bits per heavy atom. The summed E-state index contributed by atoms with van der Waals surface area (Å²) in [6.07, 6.45) is 5.38. The summed E-state index contributed by atoms with van der Waals surface area (Å²) in [5, 5.41) is 20.8. The third-order valence-electron chi connectivity index (χ3n) is 4.57. The van der Waals surface area contributed by atoms with Crippen molar-refractivity contribution in [3.8, 4) is 23.3 Å². The van der Waals surface area contributed by atoms with Gasteiger partial charge in [-0.25, -0.2) is 4.98 Å². The summed E-state index contributed by atoms with van der Waals surface area (Å²) in [5.74, 6) is 1.27. The van der Waals surface area contributed by atoms with Crippen molar-refractivity contribution in [3.63, 3.8) is 0 Å². The quantitative estimate of drug-likeness (QED) is 0.577. The molecule has 0 saturated carbocycles. The molecule has 4 heterocycles. The van der Waals surface area contributed by atoms with Gasteiger partial charge in [0, 0.05) is 29.8 Å². The van der Waals surface area contributed by atoms with Gasteiger partial charge in [-0.3, -0.25) is 10.1 Å². The molecule has 1 aliphatic heterocycles. The Balaban J connectivity index is 1.49. The number of nitrogens with zero attached hydrogens (tertiary/aromatic N) is 4. The zero-order chi connectivity index (χ0) is 18.2. The highest BCUT2D eigenvalue weighted by Crippen LogP contribution is 2.35. The smallest absolute Gasteiger partial charge is 0.181 e. The predicted octanol–water partition coefficient (Wildman–Crippen LogP) is 3.42. The number of pyridine rings is 1. The van der Waals surface area contributed by atoms with E-state index in [4.69, 9.17) is 14.4 Å². The topological polar surface area (TPSA) is 113 Å². The maximum absolute atomic E-state index is 9.04. The monoisotopic (exact) mass is 358 g/mol. The van der Waals surface area contributed by atoms with Gasteiger partial charge in [0.25, 0.3) is 0 Å². The maximum Gasteiger partial charge on any atom is 0.181 e. The number of benzene rings is 1. The Morgan fingerprint density at radius 1 is 1.26 bits per heavy atom. The van der Waals surface area contributed by atoms with Crippen LogP contribution in [0.3, 0.4) is 0 Å². The number of aromatic nitrogens is 4. The minimum Gasteiger partial charge on any atom is -0.491 e. The molecule has 132 valence electrons. The molecule has 0 bridgehead atoms. The van der Waals surface area contributed by atoms with Crippen LogP contribution < -0.4 is 10.1 Å². The number of hydrogen-bond donors (Lipinski definition) is 2. The van der Waals surface area contributed by atoms with Crippen molar-refractivity contribution in [2.45, 2.75) is 12.5 Å². The van der Waals surface area contributed by atoms with E-state index in [1.165, 1.54) is 6.39 Å². The average molecular weight is 358 g/mol. The van der Waals surface area contributed by atoms with Gasteiger partial charge in [-0.15, -0.1) is 0 Å². The zero-order valence-corrected chi connectivity index (χ0v) is 14.1. The Labute approximate surface area is 153 Å². The predicted molar refractivity (Wildman–Crippen MR) is 97.0 cm³/mol. The van der Waals surface area contributed by atoms with E-state index in [0.717, 1.165) is 34.4 Å². The molecule has 2 N–H and O–H groups in total. The van der Waals surface area contributed by atoms with E-state index < -0.39 is 0 Å². The summed E-state index contributed by atoms with van der Waals surface area (Å²) in [4.78, 5) is 8.39. The first-order valence-corrected chi connectivity index (χ1v) is 8.48. The van der Waals surface area contributed by atoms with Crippen molar-refractivity contribution >= 4 is 16.6 Å². The third kappa shape index (κ3) is 2.66. The van der Waals surface area contributed by atoms with Crippen LogP contribution in [0.2, 0.25) is 0 Å². The summed E-state index contributed by atoms with van der Waals surface area (Å²) < 4.78 is 11.0. The molecular formula is C19H14N6O2. The van der Waals surface area contributed by atoms with E-state index in [0.29, 0.717) is 23.7 Å².